The molecule has 5 rings (SSSR count). The lowest BCUT2D eigenvalue weighted by atomic mass is 9.53. The summed E-state index contributed by atoms with van der Waals surface area (Å²) in [6.07, 6.45) is 5.89. The van der Waals surface area contributed by atoms with E-state index in [0.29, 0.717) is 11.8 Å². The molecule has 0 bridgehead atoms. The van der Waals surface area contributed by atoms with E-state index in [1.165, 1.54) is 24.8 Å². The van der Waals surface area contributed by atoms with Crippen LogP contribution in [0.2, 0.25) is 0 Å². The Bertz CT molecular complexity index is 761. The molecule has 2 heterocycles. The summed E-state index contributed by atoms with van der Waals surface area (Å²) >= 11 is 0. The van der Waals surface area contributed by atoms with E-state index in [1.807, 2.05) is 18.2 Å². The molecule has 2 saturated heterocycles. The number of epoxide rings is 1. The van der Waals surface area contributed by atoms with Gasteiger partial charge >= 0.3 is 5.97 Å². The molecular weight excluding hydrogens is 354 g/mol. The van der Waals surface area contributed by atoms with Gasteiger partial charge in [0.1, 0.15) is 24.3 Å². The van der Waals surface area contributed by atoms with Crippen LogP contribution in [-0.2, 0) is 20.8 Å². The van der Waals surface area contributed by atoms with Gasteiger partial charge in [0.05, 0.1) is 25.9 Å². The Morgan fingerprint density at radius 2 is 2.11 bits per heavy atom. The normalized spacial score (nSPS) is 41.3. The summed E-state index contributed by atoms with van der Waals surface area (Å²) < 4.78 is 17.4. The topological polar surface area (TPSA) is 64.7 Å². The maximum absolute atomic E-state index is 12.7. The molecule has 4 fully saturated rings. The van der Waals surface area contributed by atoms with Crippen LogP contribution in [0.1, 0.15) is 44.6 Å². The van der Waals surface area contributed by atoms with Crippen LogP contribution in [0.5, 0.6) is 5.75 Å². The lowest BCUT2D eigenvalue weighted by molar-refractivity contribution is -0.675. The van der Waals surface area contributed by atoms with E-state index in [0.717, 1.165) is 38.3 Å². The predicted molar refractivity (Wildman–Crippen MR) is 104 cm³/mol. The number of benzene rings is 1. The molecule has 5 heteroatoms. The van der Waals surface area contributed by atoms with Crippen LogP contribution in [0.15, 0.2) is 24.3 Å². The molecule has 4 aliphatic rings. The van der Waals surface area contributed by atoms with Gasteiger partial charge in [0.2, 0.25) is 0 Å². The molecule has 0 radical (unpaired) electrons. The standard InChI is InChI=1S/C23H31NO4/c1-22-8-5-9-23(14-27-23)20(22)10-16-17(21(25)28-19(16)11-22)13-24-12-15-6-3-4-7-18(15)26-2/h3-4,6-7,16-17,19-20,24H,5,8-14H2,1-2H3/p+1/t16-,17-,19-,20-,22-,23-/m1/s1. The second kappa shape index (κ2) is 6.74. The zero-order chi connectivity index (χ0) is 19.4. The molecule has 2 N–H and O–H groups in total. The van der Waals surface area contributed by atoms with Crippen LogP contribution >= 0.6 is 0 Å². The smallest absolute Gasteiger partial charge is 0.315 e. The Balaban J connectivity index is 1.27. The molecule has 1 aromatic carbocycles. The molecule has 1 spiro atoms. The number of hydrogen-bond acceptors (Lipinski definition) is 4. The van der Waals surface area contributed by atoms with E-state index in [4.69, 9.17) is 14.2 Å². The number of nitrogens with two attached hydrogens (primary N) is 1. The number of para-hydroxylation sites is 1. The zero-order valence-corrected chi connectivity index (χ0v) is 17.0. The first-order valence-corrected chi connectivity index (χ1v) is 10.8. The number of rotatable bonds is 5. The molecular formula is C23H32NO4+. The fourth-order valence-electron chi connectivity index (χ4n) is 6.52. The van der Waals surface area contributed by atoms with Crippen molar-refractivity contribution in [3.63, 3.8) is 0 Å². The van der Waals surface area contributed by atoms with Crippen molar-refractivity contribution in [2.24, 2.45) is 23.2 Å². The number of carbonyl (C=O) groups excluding carboxylic acids is 1. The Kier molecular flexibility index (Phi) is 4.44. The third kappa shape index (κ3) is 2.94. The minimum absolute atomic E-state index is 0.00184. The Labute approximate surface area is 167 Å². The second-order valence-corrected chi connectivity index (χ2v) is 9.64. The first-order chi connectivity index (χ1) is 13.5. The van der Waals surface area contributed by atoms with Crippen molar-refractivity contribution in [1.29, 1.82) is 0 Å². The number of esters is 1. The van der Waals surface area contributed by atoms with Gasteiger partial charge in [0.15, 0.2) is 0 Å². The van der Waals surface area contributed by atoms with Crippen LogP contribution in [0.25, 0.3) is 0 Å². The Morgan fingerprint density at radius 1 is 1.29 bits per heavy atom. The molecule has 152 valence electrons. The number of hydrogen-bond donors (Lipinski definition) is 1. The largest absolute Gasteiger partial charge is 0.496 e. The highest BCUT2D eigenvalue weighted by atomic mass is 16.6. The van der Waals surface area contributed by atoms with Gasteiger partial charge in [-0.3, -0.25) is 4.79 Å². The summed E-state index contributed by atoms with van der Waals surface area (Å²) in [6, 6.07) is 8.10. The van der Waals surface area contributed by atoms with Gasteiger partial charge in [-0.2, -0.15) is 0 Å². The van der Waals surface area contributed by atoms with Crippen LogP contribution in [-0.4, -0.2) is 37.9 Å². The summed E-state index contributed by atoms with van der Waals surface area (Å²) in [5.41, 5.74) is 1.56. The van der Waals surface area contributed by atoms with Gasteiger partial charge in [-0.15, -0.1) is 0 Å². The molecule has 0 unspecified atom stereocenters. The van der Waals surface area contributed by atoms with Crippen LogP contribution in [0.3, 0.4) is 0 Å². The Hall–Kier alpha value is -1.59. The van der Waals surface area contributed by atoms with Crippen molar-refractivity contribution >= 4 is 5.97 Å². The molecule has 0 amide bonds. The first-order valence-electron chi connectivity index (χ1n) is 10.8. The van der Waals surface area contributed by atoms with Gasteiger partial charge in [0.25, 0.3) is 0 Å². The van der Waals surface area contributed by atoms with Gasteiger partial charge in [-0.25, -0.2) is 0 Å². The minimum atomic E-state index is 0.00184. The summed E-state index contributed by atoms with van der Waals surface area (Å²) in [5.74, 6) is 1.86. The molecule has 28 heavy (non-hydrogen) atoms. The van der Waals surface area contributed by atoms with Crippen molar-refractivity contribution in [3.05, 3.63) is 29.8 Å². The average molecular weight is 387 g/mol. The summed E-state index contributed by atoms with van der Waals surface area (Å²) in [4.78, 5) is 12.7. The van der Waals surface area contributed by atoms with Gasteiger partial charge in [0, 0.05) is 11.5 Å². The number of quaternary nitrogens is 1. The molecule has 1 aromatic rings. The van der Waals surface area contributed by atoms with E-state index in [-0.39, 0.29) is 29.0 Å². The third-order valence-corrected chi connectivity index (χ3v) is 8.06. The van der Waals surface area contributed by atoms with Crippen LogP contribution in [0, 0.1) is 23.2 Å². The fourth-order valence-corrected chi connectivity index (χ4v) is 6.52. The molecule has 6 atom stereocenters. The van der Waals surface area contributed by atoms with Crippen LogP contribution < -0.4 is 10.1 Å². The molecule has 0 aromatic heterocycles. The zero-order valence-electron chi connectivity index (χ0n) is 17.0. The summed E-state index contributed by atoms with van der Waals surface area (Å²) in [6.45, 7) is 4.93. The highest BCUT2D eigenvalue weighted by molar-refractivity contribution is 5.75. The van der Waals surface area contributed by atoms with E-state index >= 15 is 0 Å². The maximum Gasteiger partial charge on any atom is 0.315 e. The second-order valence-electron chi connectivity index (χ2n) is 9.64. The van der Waals surface area contributed by atoms with Crippen molar-refractivity contribution in [1.82, 2.24) is 0 Å². The highest BCUT2D eigenvalue weighted by Gasteiger charge is 2.65. The molecule has 5 nitrogen and oxygen atoms in total. The maximum atomic E-state index is 12.7. The van der Waals surface area contributed by atoms with Crippen molar-refractivity contribution in [2.45, 2.75) is 57.3 Å². The lowest BCUT2D eigenvalue weighted by Crippen LogP contribution is -2.84. The SMILES string of the molecule is COc1ccccc1C[NH2+]C[C@H]1C(=O)O[C@@H]2C[C@@]3(C)CCC[C@@]4(CO4)[C@@H]3C[C@@H]21. The quantitative estimate of drug-likeness (QED) is 0.623. The van der Waals surface area contributed by atoms with Gasteiger partial charge in [-0.05, 0) is 55.6 Å². The van der Waals surface area contributed by atoms with Crippen LogP contribution in [0.4, 0.5) is 0 Å². The van der Waals surface area contributed by atoms with Crippen molar-refractivity contribution < 1.29 is 24.3 Å². The van der Waals surface area contributed by atoms with Crippen molar-refractivity contribution in [3.8, 4) is 5.75 Å². The Morgan fingerprint density at radius 3 is 2.89 bits per heavy atom. The number of ether oxygens (including phenoxy) is 3. The number of carbonyl (C=O) groups is 1. The summed E-state index contributed by atoms with van der Waals surface area (Å²) in [7, 11) is 1.71. The molecule has 2 saturated carbocycles. The van der Waals surface area contributed by atoms with E-state index in [1.54, 1.807) is 7.11 Å². The van der Waals surface area contributed by atoms with E-state index < -0.39 is 0 Å². The monoisotopic (exact) mass is 386 g/mol. The van der Waals surface area contributed by atoms with E-state index in [2.05, 4.69) is 18.3 Å². The highest BCUT2D eigenvalue weighted by Crippen LogP contribution is 2.62. The first kappa shape index (κ1) is 18.4. The van der Waals surface area contributed by atoms with E-state index in [9.17, 15) is 4.79 Å². The number of methoxy groups -OCH3 is 1. The van der Waals surface area contributed by atoms with Crippen molar-refractivity contribution in [2.75, 3.05) is 20.3 Å². The molecule has 2 aliphatic heterocycles. The third-order valence-electron chi connectivity index (χ3n) is 8.06. The summed E-state index contributed by atoms with van der Waals surface area (Å²) in [5, 5.41) is 2.24. The lowest BCUT2D eigenvalue weighted by Gasteiger charge is -2.51. The van der Waals surface area contributed by atoms with Gasteiger partial charge < -0.3 is 19.5 Å². The fraction of sp³-hybridized carbons (Fsp3) is 0.696. The predicted octanol–water partition coefficient (Wildman–Crippen LogP) is 2.29. The number of fused-ring (bicyclic) bond motifs is 3. The minimum Gasteiger partial charge on any atom is -0.496 e. The molecule has 2 aliphatic carbocycles. The average Bonchev–Trinajstić information content (AvgIpc) is 3.38. The van der Waals surface area contributed by atoms with Gasteiger partial charge in [-0.1, -0.05) is 19.1 Å².